The Morgan fingerprint density at radius 3 is 2.08 bits per heavy atom. The molecule has 0 bridgehead atoms. The summed E-state index contributed by atoms with van der Waals surface area (Å²) in [6.45, 7) is 4.59. The molecule has 2 nitrogen and oxygen atoms in total. The molecular weight excluding hydrogens is 294 g/mol. The van der Waals surface area contributed by atoms with E-state index in [0.717, 1.165) is 22.4 Å². The highest BCUT2D eigenvalue weighted by atomic mass is 16.2. The van der Waals surface area contributed by atoms with Gasteiger partial charge >= 0.3 is 0 Å². The summed E-state index contributed by atoms with van der Waals surface area (Å²) >= 11 is 0. The first-order chi connectivity index (χ1) is 11.6. The number of carbonyl (C=O) groups excluding carboxylic acids is 1. The quantitative estimate of drug-likeness (QED) is 0.652. The molecule has 0 heterocycles. The Morgan fingerprint density at radius 1 is 0.833 bits per heavy atom. The Morgan fingerprint density at radius 2 is 1.46 bits per heavy atom. The number of carbonyl (C=O) groups is 1. The van der Waals surface area contributed by atoms with Gasteiger partial charge in [-0.15, -0.1) is 0 Å². The van der Waals surface area contributed by atoms with Crippen LogP contribution < -0.4 is 4.90 Å². The van der Waals surface area contributed by atoms with Crippen molar-refractivity contribution in [2.75, 3.05) is 4.90 Å². The maximum Gasteiger partial charge on any atom is 0.258 e. The Balaban J connectivity index is 1.99. The number of anilines is 1. The molecule has 2 heteroatoms. The van der Waals surface area contributed by atoms with Crippen LogP contribution in [0, 0.1) is 13.8 Å². The van der Waals surface area contributed by atoms with E-state index in [-0.39, 0.29) is 5.91 Å². The van der Waals surface area contributed by atoms with Gasteiger partial charge in [-0.2, -0.15) is 0 Å². The summed E-state index contributed by atoms with van der Waals surface area (Å²) in [6, 6.07) is 25.9. The lowest BCUT2D eigenvalue weighted by Gasteiger charge is -2.24. The van der Waals surface area contributed by atoms with Crippen LogP contribution in [-0.4, -0.2) is 5.91 Å². The smallest absolute Gasteiger partial charge is 0.258 e. The SMILES string of the molecule is Cc1ccc(C(=O)N(Cc2ccccc2)c2ccccc2)c(C)c1. The molecule has 0 radical (unpaired) electrons. The van der Waals surface area contributed by atoms with Crippen LogP contribution in [0.5, 0.6) is 0 Å². The summed E-state index contributed by atoms with van der Waals surface area (Å²) in [4.78, 5) is 15.0. The Labute approximate surface area is 143 Å². The average Bonchev–Trinajstić information content (AvgIpc) is 2.61. The standard InChI is InChI=1S/C22H21NO/c1-17-13-14-21(18(2)15-17)22(24)23(20-11-7-4-8-12-20)16-19-9-5-3-6-10-19/h3-15H,16H2,1-2H3. The second kappa shape index (κ2) is 7.14. The third kappa shape index (κ3) is 3.54. The monoisotopic (exact) mass is 315 g/mol. The van der Waals surface area contributed by atoms with Gasteiger partial charge in [-0.05, 0) is 43.2 Å². The van der Waals surface area contributed by atoms with Crippen LogP contribution in [0.3, 0.4) is 0 Å². The van der Waals surface area contributed by atoms with Gasteiger partial charge in [-0.3, -0.25) is 4.79 Å². The molecule has 0 unspecified atom stereocenters. The third-order valence-electron chi connectivity index (χ3n) is 4.11. The van der Waals surface area contributed by atoms with Gasteiger partial charge in [0.1, 0.15) is 0 Å². The van der Waals surface area contributed by atoms with Crippen LogP contribution in [0.4, 0.5) is 5.69 Å². The minimum atomic E-state index is 0.0301. The number of amides is 1. The van der Waals surface area contributed by atoms with Crippen LogP contribution in [0.15, 0.2) is 78.9 Å². The molecule has 0 aliphatic carbocycles. The number of nitrogens with zero attached hydrogens (tertiary/aromatic N) is 1. The lowest BCUT2D eigenvalue weighted by atomic mass is 10.0. The number of benzene rings is 3. The predicted octanol–water partition coefficient (Wildman–Crippen LogP) is 5.15. The van der Waals surface area contributed by atoms with Gasteiger partial charge in [0.15, 0.2) is 0 Å². The van der Waals surface area contributed by atoms with Crippen molar-refractivity contribution in [1.29, 1.82) is 0 Å². The molecule has 3 rings (SSSR count). The van der Waals surface area contributed by atoms with Gasteiger partial charge in [0.25, 0.3) is 5.91 Å². The normalized spacial score (nSPS) is 10.4. The van der Waals surface area contributed by atoms with Crippen LogP contribution in [-0.2, 0) is 6.54 Å². The molecule has 0 fully saturated rings. The van der Waals surface area contributed by atoms with Gasteiger partial charge in [0.05, 0.1) is 6.54 Å². The van der Waals surface area contributed by atoms with Crippen LogP contribution in [0.2, 0.25) is 0 Å². The van der Waals surface area contributed by atoms with Crippen LogP contribution in [0.25, 0.3) is 0 Å². The molecule has 0 aromatic heterocycles. The fraction of sp³-hybridized carbons (Fsp3) is 0.136. The highest BCUT2D eigenvalue weighted by Gasteiger charge is 2.19. The number of rotatable bonds is 4. The zero-order valence-electron chi connectivity index (χ0n) is 14.1. The molecule has 0 atom stereocenters. The van der Waals surface area contributed by atoms with E-state index in [1.807, 2.05) is 91.5 Å². The molecule has 0 aliphatic rings. The van der Waals surface area contributed by atoms with Crippen LogP contribution in [0.1, 0.15) is 27.0 Å². The van der Waals surface area contributed by atoms with Crippen molar-refractivity contribution in [3.05, 3.63) is 101 Å². The summed E-state index contributed by atoms with van der Waals surface area (Å²) in [5, 5.41) is 0. The second-order valence-electron chi connectivity index (χ2n) is 6.03. The lowest BCUT2D eigenvalue weighted by Crippen LogP contribution is -2.31. The first-order valence-corrected chi connectivity index (χ1v) is 8.13. The van der Waals surface area contributed by atoms with Crippen molar-refractivity contribution in [3.63, 3.8) is 0 Å². The molecule has 0 spiro atoms. The Bertz CT molecular complexity index is 825. The van der Waals surface area contributed by atoms with Crippen molar-refractivity contribution in [1.82, 2.24) is 0 Å². The van der Waals surface area contributed by atoms with Crippen molar-refractivity contribution >= 4 is 11.6 Å². The highest BCUT2D eigenvalue weighted by Crippen LogP contribution is 2.22. The van der Waals surface area contributed by atoms with E-state index in [0.29, 0.717) is 6.54 Å². The minimum Gasteiger partial charge on any atom is -0.304 e. The molecular formula is C22H21NO. The zero-order chi connectivity index (χ0) is 16.9. The van der Waals surface area contributed by atoms with Crippen molar-refractivity contribution in [2.24, 2.45) is 0 Å². The molecule has 120 valence electrons. The zero-order valence-corrected chi connectivity index (χ0v) is 14.1. The van der Waals surface area contributed by atoms with Gasteiger partial charge in [0.2, 0.25) is 0 Å². The molecule has 3 aromatic rings. The van der Waals surface area contributed by atoms with Crippen molar-refractivity contribution < 1.29 is 4.79 Å². The minimum absolute atomic E-state index is 0.0301. The van der Waals surface area contributed by atoms with E-state index in [4.69, 9.17) is 0 Å². The molecule has 0 aliphatic heterocycles. The molecule has 0 saturated heterocycles. The Hall–Kier alpha value is -2.87. The molecule has 0 saturated carbocycles. The fourth-order valence-corrected chi connectivity index (χ4v) is 2.85. The van der Waals surface area contributed by atoms with Crippen molar-refractivity contribution in [2.45, 2.75) is 20.4 Å². The van der Waals surface area contributed by atoms with Gasteiger partial charge in [0, 0.05) is 11.3 Å². The van der Waals surface area contributed by atoms with E-state index in [1.54, 1.807) is 0 Å². The molecule has 1 amide bonds. The first-order valence-electron chi connectivity index (χ1n) is 8.13. The average molecular weight is 315 g/mol. The summed E-state index contributed by atoms with van der Waals surface area (Å²) in [6.07, 6.45) is 0. The van der Waals surface area contributed by atoms with E-state index < -0.39 is 0 Å². The topological polar surface area (TPSA) is 20.3 Å². The summed E-state index contributed by atoms with van der Waals surface area (Å²) < 4.78 is 0. The van der Waals surface area contributed by atoms with Crippen LogP contribution >= 0.6 is 0 Å². The largest absolute Gasteiger partial charge is 0.304 e. The van der Waals surface area contributed by atoms with Gasteiger partial charge < -0.3 is 4.90 Å². The summed E-state index contributed by atoms with van der Waals surface area (Å²) in [7, 11) is 0. The molecule has 3 aromatic carbocycles. The van der Waals surface area contributed by atoms with E-state index in [9.17, 15) is 4.79 Å². The van der Waals surface area contributed by atoms with E-state index in [1.165, 1.54) is 5.56 Å². The predicted molar refractivity (Wildman–Crippen MR) is 99.3 cm³/mol. The number of para-hydroxylation sites is 1. The highest BCUT2D eigenvalue weighted by molar-refractivity contribution is 6.07. The Kier molecular flexibility index (Phi) is 4.76. The van der Waals surface area contributed by atoms with Gasteiger partial charge in [-0.1, -0.05) is 66.2 Å². The van der Waals surface area contributed by atoms with E-state index in [2.05, 4.69) is 6.07 Å². The van der Waals surface area contributed by atoms with Crippen molar-refractivity contribution in [3.8, 4) is 0 Å². The molecule has 24 heavy (non-hydrogen) atoms. The van der Waals surface area contributed by atoms with E-state index >= 15 is 0 Å². The summed E-state index contributed by atoms with van der Waals surface area (Å²) in [5.74, 6) is 0.0301. The maximum atomic E-state index is 13.2. The maximum absolute atomic E-state index is 13.2. The number of hydrogen-bond acceptors (Lipinski definition) is 1. The van der Waals surface area contributed by atoms with Gasteiger partial charge in [-0.25, -0.2) is 0 Å². The summed E-state index contributed by atoms with van der Waals surface area (Å²) in [5.41, 5.74) is 4.94. The lowest BCUT2D eigenvalue weighted by molar-refractivity contribution is 0.0984. The third-order valence-corrected chi connectivity index (χ3v) is 4.11. The molecule has 0 N–H and O–H groups in total. The second-order valence-corrected chi connectivity index (χ2v) is 6.03. The number of aryl methyl sites for hydroxylation is 2. The first kappa shape index (κ1) is 16.0. The number of hydrogen-bond donors (Lipinski definition) is 0. The fourth-order valence-electron chi connectivity index (χ4n) is 2.85.